The Kier molecular flexibility index (Phi) is 11.5. The molecule has 1 amide bonds. The molecular weight excluding hydrogens is 519 g/mol. The first kappa shape index (κ1) is 26.6. The van der Waals surface area contributed by atoms with Crippen molar-refractivity contribution in [1.82, 2.24) is 25.0 Å². The van der Waals surface area contributed by atoms with Crippen LogP contribution < -0.4 is 10.1 Å². The maximum atomic E-state index is 12.7. The molecule has 1 unspecified atom stereocenters. The number of hydrogen-bond donors (Lipinski definition) is 1. The van der Waals surface area contributed by atoms with Crippen LogP contribution in [0.15, 0.2) is 23.3 Å². The number of nitrogens with zero attached hydrogens (tertiary/aromatic N) is 5. The third-order valence-corrected chi connectivity index (χ3v) is 5.96. The highest BCUT2D eigenvalue weighted by Crippen LogP contribution is 2.17. The zero-order valence-corrected chi connectivity index (χ0v) is 22.1. The molecular formula is C23H39IN6O2. The summed E-state index contributed by atoms with van der Waals surface area (Å²) in [6.45, 7) is 13.5. The number of hydrogen-bond acceptors (Lipinski definition) is 5. The minimum Gasteiger partial charge on any atom is -0.477 e. The van der Waals surface area contributed by atoms with Crippen molar-refractivity contribution < 1.29 is 9.53 Å². The van der Waals surface area contributed by atoms with Crippen molar-refractivity contribution in [2.75, 3.05) is 52.4 Å². The normalized spacial score (nSPS) is 18.3. The van der Waals surface area contributed by atoms with Gasteiger partial charge in [-0.3, -0.25) is 9.69 Å². The molecule has 3 heterocycles. The van der Waals surface area contributed by atoms with Gasteiger partial charge in [-0.15, -0.1) is 24.0 Å². The maximum Gasteiger partial charge on any atom is 0.239 e. The SMILES string of the molecule is CCCOc1ncccc1CN=C(NCC)N1CCN(C(C)C(=O)N2CCCC2)CC1.I. The molecule has 1 aromatic heterocycles. The number of amides is 1. The van der Waals surface area contributed by atoms with Crippen molar-refractivity contribution in [3.63, 3.8) is 0 Å². The van der Waals surface area contributed by atoms with Crippen LogP contribution in [0.2, 0.25) is 0 Å². The van der Waals surface area contributed by atoms with Gasteiger partial charge in [-0.1, -0.05) is 13.0 Å². The summed E-state index contributed by atoms with van der Waals surface area (Å²) >= 11 is 0. The number of piperazine rings is 1. The lowest BCUT2D eigenvalue weighted by Crippen LogP contribution is -2.57. The molecule has 0 bridgehead atoms. The summed E-state index contributed by atoms with van der Waals surface area (Å²) in [5.74, 6) is 1.86. The van der Waals surface area contributed by atoms with Crippen LogP contribution in [-0.4, -0.2) is 90.0 Å². The van der Waals surface area contributed by atoms with E-state index in [9.17, 15) is 4.79 Å². The van der Waals surface area contributed by atoms with Crippen LogP contribution in [0.25, 0.3) is 0 Å². The minimum atomic E-state index is -0.0477. The number of nitrogens with one attached hydrogen (secondary N) is 1. The van der Waals surface area contributed by atoms with Gasteiger partial charge in [0.05, 0.1) is 19.2 Å². The number of aliphatic imine (C=N–C) groups is 1. The lowest BCUT2D eigenvalue weighted by Gasteiger charge is -2.39. The predicted molar refractivity (Wildman–Crippen MR) is 139 cm³/mol. The van der Waals surface area contributed by atoms with Crippen molar-refractivity contribution in [1.29, 1.82) is 0 Å². The van der Waals surface area contributed by atoms with Crippen LogP contribution in [0.4, 0.5) is 0 Å². The van der Waals surface area contributed by atoms with Gasteiger partial charge in [0.2, 0.25) is 11.8 Å². The largest absolute Gasteiger partial charge is 0.477 e. The number of aromatic nitrogens is 1. The molecule has 8 nitrogen and oxygen atoms in total. The average Bonchev–Trinajstić information content (AvgIpc) is 3.35. The Morgan fingerprint density at radius 3 is 2.53 bits per heavy atom. The smallest absolute Gasteiger partial charge is 0.239 e. The summed E-state index contributed by atoms with van der Waals surface area (Å²) in [7, 11) is 0. The second-order valence-corrected chi connectivity index (χ2v) is 8.22. The number of ether oxygens (including phenoxy) is 1. The molecule has 180 valence electrons. The number of carbonyl (C=O) groups excluding carboxylic acids is 1. The Morgan fingerprint density at radius 2 is 1.88 bits per heavy atom. The Hall–Kier alpha value is -1.62. The van der Waals surface area contributed by atoms with E-state index in [4.69, 9.17) is 9.73 Å². The highest BCUT2D eigenvalue weighted by atomic mass is 127. The summed E-state index contributed by atoms with van der Waals surface area (Å²) in [6, 6.07) is 3.90. The van der Waals surface area contributed by atoms with Crippen molar-refractivity contribution in [3.05, 3.63) is 23.9 Å². The molecule has 2 aliphatic heterocycles. The van der Waals surface area contributed by atoms with Gasteiger partial charge in [0.15, 0.2) is 5.96 Å². The predicted octanol–water partition coefficient (Wildman–Crippen LogP) is 2.58. The molecule has 2 aliphatic rings. The van der Waals surface area contributed by atoms with Gasteiger partial charge in [-0.2, -0.15) is 0 Å². The maximum absolute atomic E-state index is 12.7. The number of halogens is 1. The van der Waals surface area contributed by atoms with E-state index in [1.807, 2.05) is 17.0 Å². The van der Waals surface area contributed by atoms with Crippen LogP contribution in [0.1, 0.15) is 45.6 Å². The fraction of sp³-hybridized carbons (Fsp3) is 0.696. The fourth-order valence-corrected chi connectivity index (χ4v) is 4.14. The molecule has 0 saturated carbocycles. The molecule has 9 heteroatoms. The quantitative estimate of drug-likeness (QED) is 0.301. The monoisotopic (exact) mass is 558 g/mol. The third-order valence-electron chi connectivity index (χ3n) is 5.96. The number of guanidine groups is 1. The van der Waals surface area contributed by atoms with E-state index in [1.165, 1.54) is 0 Å². The molecule has 0 radical (unpaired) electrons. The number of pyridine rings is 1. The summed E-state index contributed by atoms with van der Waals surface area (Å²) in [5.41, 5.74) is 0.995. The fourth-order valence-electron chi connectivity index (χ4n) is 4.14. The van der Waals surface area contributed by atoms with E-state index in [2.05, 4.69) is 40.9 Å². The first-order valence-corrected chi connectivity index (χ1v) is 11.8. The summed E-state index contributed by atoms with van der Waals surface area (Å²) in [4.78, 5) is 28.6. The Balaban J connectivity index is 0.00000363. The average molecular weight is 559 g/mol. The second-order valence-electron chi connectivity index (χ2n) is 8.22. The van der Waals surface area contributed by atoms with Gasteiger partial charge in [0.25, 0.3) is 0 Å². The zero-order chi connectivity index (χ0) is 22.1. The van der Waals surface area contributed by atoms with E-state index in [-0.39, 0.29) is 35.9 Å². The number of carbonyl (C=O) groups is 1. The summed E-state index contributed by atoms with van der Waals surface area (Å²) in [5, 5.41) is 3.42. The van der Waals surface area contributed by atoms with E-state index < -0.39 is 0 Å². The van der Waals surface area contributed by atoms with Crippen molar-refractivity contribution >= 4 is 35.8 Å². The molecule has 1 N–H and O–H groups in total. The number of rotatable bonds is 8. The van der Waals surface area contributed by atoms with Crippen LogP contribution in [0.5, 0.6) is 5.88 Å². The molecule has 32 heavy (non-hydrogen) atoms. The molecule has 1 atom stereocenters. The topological polar surface area (TPSA) is 73.3 Å². The van der Waals surface area contributed by atoms with E-state index in [0.29, 0.717) is 19.0 Å². The Morgan fingerprint density at radius 1 is 1.16 bits per heavy atom. The van der Waals surface area contributed by atoms with Crippen LogP contribution in [0.3, 0.4) is 0 Å². The minimum absolute atomic E-state index is 0. The first-order valence-electron chi connectivity index (χ1n) is 11.8. The van der Waals surface area contributed by atoms with Gasteiger partial charge in [-0.05, 0) is 39.2 Å². The lowest BCUT2D eigenvalue weighted by atomic mass is 10.2. The first-order chi connectivity index (χ1) is 15.1. The van der Waals surface area contributed by atoms with E-state index >= 15 is 0 Å². The molecule has 2 fully saturated rings. The van der Waals surface area contributed by atoms with Crippen LogP contribution in [-0.2, 0) is 11.3 Å². The third kappa shape index (κ3) is 7.19. The molecule has 3 rings (SSSR count). The highest BCUT2D eigenvalue weighted by Gasteiger charge is 2.30. The highest BCUT2D eigenvalue weighted by molar-refractivity contribution is 14.0. The number of likely N-dealkylation sites (tertiary alicyclic amines) is 1. The van der Waals surface area contributed by atoms with Crippen LogP contribution >= 0.6 is 24.0 Å². The molecule has 1 aromatic rings. The van der Waals surface area contributed by atoms with Gasteiger partial charge < -0.3 is 19.9 Å². The van der Waals surface area contributed by atoms with Crippen LogP contribution in [0, 0.1) is 0 Å². The Bertz CT molecular complexity index is 733. The molecule has 2 saturated heterocycles. The lowest BCUT2D eigenvalue weighted by molar-refractivity contribution is -0.135. The van der Waals surface area contributed by atoms with Crippen molar-refractivity contribution in [2.45, 2.75) is 52.6 Å². The summed E-state index contributed by atoms with van der Waals surface area (Å²) < 4.78 is 5.77. The van der Waals surface area contributed by atoms with Gasteiger partial charge in [-0.25, -0.2) is 9.98 Å². The standard InChI is InChI=1S/C23H38N6O2.HI/c1-4-17-31-21-20(9-8-10-25-21)18-26-23(24-5-2)29-15-13-27(14-16-29)19(3)22(30)28-11-6-7-12-28;/h8-10,19H,4-7,11-18H2,1-3H3,(H,24,26);1H. The van der Waals surface area contributed by atoms with Crippen molar-refractivity contribution in [2.24, 2.45) is 4.99 Å². The zero-order valence-electron chi connectivity index (χ0n) is 19.8. The summed E-state index contributed by atoms with van der Waals surface area (Å²) in [6.07, 6.45) is 4.98. The molecule has 0 aliphatic carbocycles. The van der Waals surface area contributed by atoms with Gasteiger partial charge >= 0.3 is 0 Å². The van der Waals surface area contributed by atoms with Gasteiger partial charge in [0, 0.05) is 57.6 Å². The Labute approximate surface area is 209 Å². The van der Waals surface area contributed by atoms with Crippen molar-refractivity contribution in [3.8, 4) is 5.88 Å². The molecule has 0 spiro atoms. The van der Waals surface area contributed by atoms with Gasteiger partial charge in [0.1, 0.15) is 0 Å². The molecule has 0 aromatic carbocycles. The second kappa shape index (κ2) is 13.8. The van der Waals surface area contributed by atoms with E-state index in [0.717, 1.165) is 76.6 Å². The van der Waals surface area contributed by atoms with E-state index in [1.54, 1.807) is 6.20 Å².